The number of esters is 1. The standard InChI is InChI=1S/C14H15N5O6S.Hf/c1-8-15-12(18-14(16-8)25-3)17-13(21)19-26(22,23)10-7-5-4-6-9(10)11(20)24-2;/h4-7H,1-3H3,(H2,15,16,17,18,19,21);. The smallest absolute Gasteiger partial charge is 0.339 e. The number of carbonyl (C=O) groups is 2. The molecule has 0 fully saturated rings. The zero-order valence-electron chi connectivity index (χ0n) is 14.5. The molecule has 1 aromatic carbocycles. The molecular formula is C14H15HfN5O6S. The second kappa shape index (κ2) is 9.50. The molecule has 142 valence electrons. The van der Waals surface area contributed by atoms with Gasteiger partial charge in [-0.15, -0.1) is 0 Å². The molecule has 0 unspecified atom stereocenters. The number of hydrogen-bond acceptors (Lipinski definition) is 9. The van der Waals surface area contributed by atoms with Gasteiger partial charge in [0.1, 0.15) is 10.7 Å². The normalized spacial score (nSPS) is 10.3. The number of anilines is 1. The maximum Gasteiger partial charge on any atom is 0.339 e. The van der Waals surface area contributed by atoms with E-state index in [2.05, 4.69) is 25.0 Å². The molecule has 0 aliphatic carbocycles. The van der Waals surface area contributed by atoms with Crippen LogP contribution in [-0.4, -0.2) is 49.6 Å². The van der Waals surface area contributed by atoms with Gasteiger partial charge in [0.15, 0.2) is 0 Å². The van der Waals surface area contributed by atoms with Crippen LogP contribution in [0.2, 0.25) is 0 Å². The minimum atomic E-state index is -4.36. The van der Waals surface area contributed by atoms with Crippen molar-refractivity contribution in [1.29, 1.82) is 0 Å². The van der Waals surface area contributed by atoms with E-state index >= 15 is 0 Å². The van der Waals surface area contributed by atoms with E-state index in [1.54, 1.807) is 4.72 Å². The molecule has 1 heterocycles. The van der Waals surface area contributed by atoms with Gasteiger partial charge in [0.25, 0.3) is 10.0 Å². The third-order valence-corrected chi connectivity index (χ3v) is 4.33. The first-order chi connectivity index (χ1) is 12.3. The van der Waals surface area contributed by atoms with Gasteiger partial charge in [-0.25, -0.2) is 22.7 Å². The number of rotatable bonds is 5. The van der Waals surface area contributed by atoms with E-state index < -0.39 is 26.9 Å². The number of amides is 2. The molecule has 13 heteroatoms. The van der Waals surface area contributed by atoms with Crippen molar-refractivity contribution in [3.63, 3.8) is 0 Å². The average molecular weight is 560 g/mol. The maximum atomic E-state index is 12.4. The number of nitrogens with zero attached hydrogens (tertiary/aromatic N) is 3. The van der Waals surface area contributed by atoms with Crippen LogP contribution in [0, 0.1) is 6.92 Å². The molecule has 0 bridgehead atoms. The number of aryl methyl sites for hydroxylation is 1. The summed E-state index contributed by atoms with van der Waals surface area (Å²) in [5.41, 5.74) is -0.215. The van der Waals surface area contributed by atoms with Crippen molar-refractivity contribution < 1.29 is 53.3 Å². The Bertz CT molecular complexity index is 953. The Labute approximate surface area is 173 Å². The molecule has 0 saturated heterocycles. The van der Waals surface area contributed by atoms with Crippen LogP contribution in [0.5, 0.6) is 6.01 Å². The molecule has 11 nitrogen and oxygen atoms in total. The summed E-state index contributed by atoms with van der Waals surface area (Å²) in [6, 6.07) is 4.12. The average Bonchev–Trinajstić information content (AvgIpc) is 2.59. The first-order valence-electron chi connectivity index (χ1n) is 7.04. The SMILES string of the molecule is COC(=O)c1ccccc1S(=O)(=O)NC(=O)Nc1nc(C)nc(OC)n1.[Hf]. The molecule has 0 saturated carbocycles. The van der Waals surface area contributed by atoms with Crippen LogP contribution in [0.25, 0.3) is 0 Å². The number of benzene rings is 1. The number of urea groups is 1. The van der Waals surface area contributed by atoms with Gasteiger partial charge in [-0.2, -0.15) is 15.0 Å². The van der Waals surface area contributed by atoms with E-state index in [0.717, 1.165) is 13.2 Å². The minimum absolute atomic E-state index is 0. The minimum Gasteiger partial charge on any atom is -0.467 e. The second-order valence-corrected chi connectivity index (χ2v) is 6.39. The summed E-state index contributed by atoms with van der Waals surface area (Å²) in [6.45, 7) is 1.54. The summed E-state index contributed by atoms with van der Waals surface area (Å²) in [7, 11) is -1.92. The van der Waals surface area contributed by atoms with Crippen LogP contribution in [-0.2, 0) is 40.6 Å². The second-order valence-electron chi connectivity index (χ2n) is 4.74. The quantitative estimate of drug-likeness (QED) is 0.394. The summed E-state index contributed by atoms with van der Waals surface area (Å²) in [4.78, 5) is 34.7. The molecule has 0 atom stereocenters. The molecule has 0 aliphatic heterocycles. The number of carbonyl (C=O) groups excluding carboxylic acids is 2. The molecule has 0 radical (unpaired) electrons. The van der Waals surface area contributed by atoms with E-state index in [1.165, 1.54) is 32.2 Å². The third-order valence-electron chi connectivity index (χ3n) is 2.94. The number of ether oxygens (including phenoxy) is 2. The predicted octanol–water partition coefficient (Wildman–Crippen LogP) is 0.483. The van der Waals surface area contributed by atoms with Gasteiger partial charge in [-0.05, 0) is 19.1 Å². The fraction of sp³-hybridized carbons (Fsp3) is 0.214. The van der Waals surface area contributed by atoms with Crippen molar-refractivity contribution in [3.05, 3.63) is 35.7 Å². The molecule has 27 heavy (non-hydrogen) atoms. The Kier molecular flexibility index (Phi) is 7.97. The number of sulfonamides is 1. The monoisotopic (exact) mass is 561 g/mol. The van der Waals surface area contributed by atoms with Gasteiger partial charge in [-0.3, -0.25) is 5.32 Å². The number of hydrogen-bond donors (Lipinski definition) is 2. The number of nitrogens with one attached hydrogen (secondary N) is 2. The number of methoxy groups -OCH3 is 2. The van der Waals surface area contributed by atoms with Crippen molar-refractivity contribution in [2.75, 3.05) is 19.5 Å². The third kappa shape index (κ3) is 5.79. The zero-order chi connectivity index (χ0) is 19.3. The van der Waals surface area contributed by atoms with E-state index in [-0.39, 0.29) is 49.2 Å². The van der Waals surface area contributed by atoms with Crippen molar-refractivity contribution >= 4 is 28.0 Å². The molecule has 2 aromatic rings. The summed E-state index contributed by atoms with van der Waals surface area (Å²) in [5.74, 6) is -0.807. The van der Waals surface area contributed by atoms with Crippen LogP contribution >= 0.6 is 0 Å². The molecule has 2 amide bonds. The first kappa shape index (κ1) is 22.6. The molecule has 2 rings (SSSR count). The van der Waals surface area contributed by atoms with Crippen LogP contribution < -0.4 is 14.8 Å². The summed E-state index contributed by atoms with van der Waals surface area (Å²) < 4.78 is 36.0. The van der Waals surface area contributed by atoms with Crippen LogP contribution in [0.15, 0.2) is 29.2 Å². The van der Waals surface area contributed by atoms with Crippen molar-refractivity contribution in [2.45, 2.75) is 11.8 Å². The van der Waals surface area contributed by atoms with Gasteiger partial charge in [0.05, 0.1) is 19.8 Å². The fourth-order valence-corrected chi connectivity index (χ4v) is 2.99. The van der Waals surface area contributed by atoms with Gasteiger partial charge >= 0.3 is 18.0 Å². The van der Waals surface area contributed by atoms with Crippen LogP contribution in [0.3, 0.4) is 0 Å². The Hall–Kier alpha value is -2.41. The Morgan fingerprint density at radius 1 is 1.07 bits per heavy atom. The van der Waals surface area contributed by atoms with Crippen LogP contribution in [0.4, 0.5) is 10.7 Å². The molecular weight excluding hydrogens is 545 g/mol. The Morgan fingerprint density at radius 3 is 2.37 bits per heavy atom. The summed E-state index contributed by atoms with van der Waals surface area (Å²) in [6.07, 6.45) is 0. The van der Waals surface area contributed by atoms with E-state index in [9.17, 15) is 18.0 Å². The Balaban J connectivity index is 0.00000364. The van der Waals surface area contributed by atoms with Gasteiger partial charge < -0.3 is 9.47 Å². The van der Waals surface area contributed by atoms with Gasteiger partial charge in [-0.1, -0.05) is 12.1 Å². The summed E-state index contributed by atoms with van der Waals surface area (Å²) >= 11 is 0. The summed E-state index contributed by atoms with van der Waals surface area (Å²) in [5, 5.41) is 2.16. The molecule has 2 N–H and O–H groups in total. The fourth-order valence-electron chi connectivity index (χ4n) is 1.89. The van der Waals surface area contributed by atoms with Gasteiger partial charge in [0.2, 0.25) is 5.95 Å². The largest absolute Gasteiger partial charge is 0.467 e. The zero-order valence-corrected chi connectivity index (χ0v) is 18.9. The van der Waals surface area contributed by atoms with E-state index in [1.807, 2.05) is 0 Å². The van der Waals surface area contributed by atoms with Crippen molar-refractivity contribution in [3.8, 4) is 6.01 Å². The molecule has 0 aliphatic rings. The Morgan fingerprint density at radius 2 is 1.74 bits per heavy atom. The first-order valence-corrected chi connectivity index (χ1v) is 8.53. The van der Waals surface area contributed by atoms with Crippen molar-refractivity contribution in [1.82, 2.24) is 19.7 Å². The topological polar surface area (TPSA) is 149 Å². The van der Waals surface area contributed by atoms with Crippen molar-refractivity contribution in [2.24, 2.45) is 0 Å². The maximum absolute atomic E-state index is 12.4. The number of aromatic nitrogens is 3. The van der Waals surface area contributed by atoms with Crippen LogP contribution in [0.1, 0.15) is 16.2 Å². The molecule has 0 spiro atoms. The van der Waals surface area contributed by atoms with E-state index in [4.69, 9.17) is 4.74 Å². The van der Waals surface area contributed by atoms with Gasteiger partial charge in [0, 0.05) is 25.8 Å². The predicted molar refractivity (Wildman–Crippen MR) is 88.2 cm³/mol. The molecule has 1 aromatic heterocycles. The van der Waals surface area contributed by atoms with E-state index in [0.29, 0.717) is 0 Å².